The van der Waals surface area contributed by atoms with Gasteiger partial charge in [-0.15, -0.1) is 0 Å². The van der Waals surface area contributed by atoms with Crippen LogP contribution >= 0.6 is 0 Å². The van der Waals surface area contributed by atoms with Crippen molar-refractivity contribution in [1.29, 1.82) is 0 Å². The first-order valence-electron chi connectivity index (χ1n) is 7.93. The Bertz CT molecular complexity index is 427. The van der Waals surface area contributed by atoms with Crippen molar-refractivity contribution in [2.75, 3.05) is 20.1 Å². The molecule has 110 valence electrons. The van der Waals surface area contributed by atoms with Crippen molar-refractivity contribution >= 4 is 0 Å². The van der Waals surface area contributed by atoms with E-state index in [0.29, 0.717) is 12.1 Å². The summed E-state index contributed by atoms with van der Waals surface area (Å²) >= 11 is 0. The molecule has 1 aliphatic carbocycles. The van der Waals surface area contributed by atoms with E-state index >= 15 is 0 Å². The Morgan fingerprint density at radius 3 is 2.60 bits per heavy atom. The van der Waals surface area contributed by atoms with Gasteiger partial charge in [0.1, 0.15) is 5.82 Å². The number of hydrogen-bond acceptors (Lipinski definition) is 2. The Morgan fingerprint density at radius 2 is 1.95 bits per heavy atom. The standard InChI is InChI=1S/C17H25FN2/c1-20-11-3-2-4-16(20)12-19-17(13-5-6-13)14-7-9-15(18)10-8-14/h7-10,13,16-17,19H,2-6,11-12H2,1H3. The summed E-state index contributed by atoms with van der Waals surface area (Å²) in [4.78, 5) is 2.48. The van der Waals surface area contributed by atoms with Crippen LogP contribution in [-0.4, -0.2) is 31.1 Å². The van der Waals surface area contributed by atoms with Crippen LogP contribution in [0.4, 0.5) is 4.39 Å². The molecule has 0 spiro atoms. The average Bonchev–Trinajstić information content (AvgIpc) is 3.27. The second-order valence-corrected chi connectivity index (χ2v) is 6.41. The maximum atomic E-state index is 13.1. The van der Waals surface area contributed by atoms with Crippen molar-refractivity contribution < 1.29 is 4.39 Å². The fraction of sp³-hybridized carbons (Fsp3) is 0.647. The van der Waals surface area contributed by atoms with Gasteiger partial charge >= 0.3 is 0 Å². The molecule has 1 heterocycles. The van der Waals surface area contributed by atoms with Crippen LogP contribution < -0.4 is 5.32 Å². The number of likely N-dealkylation sites (N-methyl/N-ethyl adjacent to an activating group) is 1. The van der Waals surface area contributed by atoms with E-state index in [9.17, 15) is 4.39 Å². The second kappa shape index (κ2) is 6.23. The third kappa shape index (κ3) is 3.39. The molecule has 20 heavy (non-hydrogen) atoms. The lowest BCUT2D eigenvalue weighted by molar-refractivity contribution is 0.176. The zero-order valence-corrected chi connectivity index (χ0v) is 12.3. The quantitative estimate of drug-likeness (QED) is 0.887. The molecule has 0 amide bonds. The van der Waals surface area contributed by atoms with Gasteiger partial charge in [0.15, 0.2) is 0 Å². The predicted octanol–water partition coefficient (Wildman–Crippen LogP) is 3.35. The molecule has 0 radical (unpaired) electrons. The monoisotopic (exact) mass is 276 g/mol. The maximum absolute atomic E-state index is 13.1. The molecule has 1 aromatic carbocycles. The Morgan fingerprint density at radius 1 is 1.20 bits per heavy atom. The maximum Gasteiger partial charge on any atom is 0.123 e. The average molecular weight is 276 g/mol. The molecule has 2 fully saturated rings. The minimum absolute atomic E-state index is 0.143. The van der Waals surface area contributed by atoms with Crippen molar-refractivity contribution in [2.24, 2.45) is 5.92 Å². The highest BCUT2D eigenvalue weighted by Crippen LogP contribution is 2.41. The van der Waals surface area contributed by atoms with Crippen molar-refractivity contribution in [2.45, 2.75) is 44.2 Å². The lowest BCUT2D eigenvalue weighted by Gasteiger charge is -2.34. The molecule has 1 aliphatic heterocycles. The Hall–Kier alpha value is -0.930. The zero-order valence-electron chi connectivity index (χ0n) is 12.3. The predicted molar refractivity (Wildman–Crippen MR) is 80.1 cm³/mol. The number of nitrogens with zero attached hydrogens (tertiary/aromatic N) is 1. The van der Waals surface area contributed by atoms with Gasteiger partial charge in [0, 0.05) is 18.6 Å². The van der Waals surface area contributed by atoms with Crippen molar-refractivity contribution in [1.82, 2.24) is 10.2 Å². The second-order valence-electron chi connectivity index (χ2n) is 6.41. The van der Waals surface area contributed by atoms with Crippen LogP contribution in [0, 0.1) is 11.7 Å². The highest BCUT2D eigenvalue weighted by molar-refractivity contribution is 5.22. The van der Waals surface area contributed by atoms with E-state index in [4.69, 9.17) is 0 Å². The van der Waals surface area contributed by atoms with E-state index in [-0.39, 0.29) is 5.82 Å². The molecule has 3 rings (SSSR count). The highest BCUT2D eigenvalue weighted by atomic mass is 19.1. The van der Waals surface area contributed by atoms with Crippen molar-refractivity contribution in [3.8, 4) is 0 Å². The molecule has 1 N–H and O–H groups in total. The van der Waals surface area contributed by atoms with Gasteiger partial charge in [-0.3, -0.25) is 0 Å². The van der Waals surface area contributed by atoms with E-state index in [1.54, 1.807) is 12.1 Å². The van der Waals surface area contributed by atoms with Crippen LogP contribution in [0.15, 0.2) is 24.3 Å². The molecule has 2 aliphatic rings. The van der Waals surface area contributed by atoms with Gasteiger partial charge in [-0.05, 0) is 62.9 Å². The van der Waals surface area contributed by atoms with Gasteiger partial charge in [0.25, 0.3) is 0 Å². The number of nitrogens with one attached hydrogen (secondary N) is 1. The Balaban J connectivity index is 1.61. The summed E-state index contributed by atoms with van der Waals surface area (Å²) in [7, 11) is 2.23. The zero-order chi connectivity index (χ0) is 13.9. The van der Waals surface area contributed by atoms with E-state index in [2.05, 4.69) is 17.3 Å². The van der Waals surface area contributed by atoms with Gasteiger partial charge in [-0.1, -0.05) is 18.6 Å². The third-order valence-corrected chi connectivity index (χ3v) is 4.82. The summed E-state index contributed by atoms with van der Waals surface area (Å²) in [6.45, 7) is 2.27. The number of halogens is 1. The molecule has 2 atom stereocenters. The lowest BCUT2D eigenvalue weighted by atomic mass is 9.99. The van der Waals surface area contributed by atoms with Gasteiger partial charge in [0.2, 0.25) is 0 Å². The topological polar surface area (TPSA) is 15.3 Å². The molecular formula is C17H25FN2. The van der Waals surface area contributed by atoms with Crippen LogP contribution in [0.1, 0.15) is 43.7 Å². The van der Waals surface area contributed by atoms with Crippen molar-refractivity contribution in [3.63, 3.8) is 0 Å². The summed E-state index contributed by atoms with van der Waals surface area (Å²) in [6, 6.07) is 8.11. The van der Waals surface area contributed by atoms with Crippen LogP contribution in [0.2, 0.25) is 0 Å². The normalized spacial score (nSPS) is 25.6. The smallest absolute Gasteiger partial charge is 0.123 e. The molecular weight excluding hydrogens is 251 g/mol. The molecule has 0 aromatic heterocycles. The fourth-order valence-corrected chi connectivity index (χ4v) is 3.32. The number of hydrogen-bond donors (Lipinski definition) is 1. The van der Waals surface area contributed by atoms with Gasteiger partial charge in [-0.25, -0.2) is 4.39 Å². The summed E-state index contributed by atoms with van der Waals surface area (Å²) in [6.07, 6.45) is 6.58. The van der Waals surface area contributed by atoms with Gasteiger partial charge in [-0.2, -0.15) is 0 Å². The van der Waals surface area contributed by atoms with E-state index in [1.165, 1.54) is 44.2 Å². The highest BCUT2D eigenvalue weighted by Gasteiger charge is 2.32. The number of rotatable bonds is 5. The first kappa shape index (κ1) is 14.0. The largest absolute Gasteiger partial charge is 0.308 e. The first-order valence-corrected chi connectivity index (χ1v) is 7.93. The van der Waals surface area contributed by atoms with E-state index in [0.717, 1.165) is 12.5 Å². The number of benzene rings is 1. The lowest BCUT2D eigenvalue weighted by Crippen LogP contribution is -2.44. The van der Waals surface area contributed by atoms with E-state index in [1.807, 2.05) is 12.1 Å². The van der Waals surface area contributed by atoms with E-state index < -0.39 is 0 Å². The minimum atomic E-state index is -0.143. The van der Waals surface area contributed by atoms with Crippen LogP contribution in [-0.2, 0) is 0 Å². The summed E-state index contributed by atoms with van der Waals surface area (Å²) in [5.41, 5.74) is 1.24. The molecule has 1 saturated carbocycles. The number of piperidine rings is 1. The van der Waals surface area contributed by atoms with Crippen molar-refractivity contribution in [3.05, 3.63) is 35.6 Å². The fourth-order valence-electron chi connectivity index (χ4n) is 3.32. The molecule has 2 unspecified atom stereocenters. The molecule has 3 heteroatoms. The van der Waals surface area contributed by atoms with Crippen LogP contribution in [0.25, 0.3) is 0 Å². The summed E-state index contributed by atoms with van der Waals surface area (Å²) < 4.78 is 13.1. The van der Waals surface area contributed by atoms with Gasteiger partial charge < -0.3 is 10.2 Å². The molecule has 2 nitrogen and oxygen atoms in total. The molecule has 1 aromatic rings. The minimum Gasteiger partial charge on any atom is -0.308 e. The molecule has 1 saturated heterocycles. The SMILES string of the molecule is CN1CCCCC1CNC(c1ccc(F)cc1)C1CC1. The summed E-state index contributed by atoms with van der Waals surface area (Å²) in [5.74, 6) is 0.602. The molecule has 0 bridgehead atoms. The third-order valence-electron chi connectivity index (χ3n) is 4.82. The van der Waals surface area contributed by atoms with Gasteiger partial charge in [0.05, 0.1) is 0 Å². The Labute approximate surface area is 121 Å². The number of likely N-dealkylation sites (tertiary alicyclic amines) is 1. The first-order chi connectivity index (χ1) is 9.74. The van der Waals surface area contributed by atoms with Crippen LogP contribution in [0.3, 0.4) is 0 Å². The summed E-state index contributed by atoms with van der Waals surface area (Å²) in [5, 5.41) is 3.75. The Kier molecular flexibility index (Phi) is 4.37. The van der Waals surface area contributed by atoms with Crippen LogP contribution in [0.5, 0.6) is 0 Å².